The molecule has 0 aliphatic carbocycles. The fourth-order valence-corrected chi connectivity index (χ4v) is 6.44. The summed E-state index contributed by atoms with van der Waals surface area (Å²) in [5.74, 6) is -0.0784. The van der Waals surface area contributed by atoms with E-state index in [9.17, 15) is 13.2 Å². The highest BCUT2D eigenvalue weighted by Crippen LogP contribution is 2.25. The Bertz CT molecular complexity index is 1420. The summed E-state index contributed by atoms with van der Waals surface area (Å²) in [6, 6.07) is 15.6. The summed E-state index contributed by atoms with van der Waals surface area (Å²) < 4.78 is 28.7. The smallest absolute Gasteiger partial charge is 0.263 e. The van der Waals surface area contributed by atoms with Gasteiger partial charge >= 0.3 is 0 Å². The maximum atomic E-state index is 13.2. The van der Waals surface area contributed by atoms with Gasteiger partial charge in [-0.1, -0.05) is 35.3 Å². The van der Waals surface area contributed by atoms with Crippen molar-refractivity contribution in [2.24, 2.45) is 0 Å². The third-order valence-electron chi connectivity index (χ3n) is 6.38. The molecule has 1 fully saturated rings. The SMILES string of the molecule is C/C=C(\c1ncccc1C)S(=O)(=O)Nc1ccc(C(=O)N2CCCN(Cc3cc(Cl)cc(Cl)c3)CC2)cc1. The monoisotopic (exact) mass is 572 g/mol. The van der Waals surface area contributed by atoms with Crippen LogP contribution in [-0.2, 0) is 16.6 Å². The van der Waals surface area contributed by atoms with Gasteiger partial charge in [-0.15, -0.1) is 0 Å². The highest BCUT2D eigenvalue weighted by molar-refractivity contribution is 8.01. The van der Waals surface area contributed by atoms with Crippen LogP contribution in [0.3, 0.4) is 0 Å². The lowest BCUT2D eigenvalue weighted by atomic mass is 10.2. The molecule has 3 aromatic rings. The average Bonchev–Trinajstić information content (AvgIpc) is 3.10. The highest BCUT2D eigenvalue weighted by Gasteiger charge is 2.23. The van der Waals surface area contributed by atoms with E-state index in [2.05, 4.69) is 14.6 Å². The van der Waals surface area contributed by atoms with Crippen molar-refractivity contribution in [2.45, 2.75) is 26.8 Å². The molecule has 1 aliphatic heterocycles. The number of carbonyl (C=O) groups excluding carboxylic acids is 1. The molecular weight excluding hydrogens is 543 g/mol. The van der Waals surface area contributed by atoms with Crippen LogP contribution in [0.5, 0.6) is 0 Å². The molecule has 200 valence electrons. The molecule has 38 heavy (non-hydrogen) atoms. The topological polar surface area (TPSA) is 82.6 Å². The number of hydrogen-bond donors (Lipinski definition) is 1. The lowest BCUT2D eigenvalue weighted by Gasteiger charge is -2.22. The summed E-state index contributed by atoms with van der Waals surface area (Å²) in [7, 11) is -3.87. The minimum absolute atomic E-state index is 0.0784. The fraction of sp³-hybridized carbons (Fsp3) is 0.286. The summed E-state index contributed by atoms with van der Waals surface area (Å²) in [4.78, 5) is 21.7. The Morgan fingerprint density at radius 3 is 2.39 bits per heavy atom. The van der Waals surface area contributed by atoms with Gasteiger partial charge in [0.15, 0.2) is 0 Å². The number of carbonyl (C=O) groups is 1. The molecule has 2 heterocycles. The molecule has 1 saturated heterocycles. The molecule has 1 aliphatic rings. The molecule has 1 aromatic heterocycles. The van der Waals surface area contributed by atoms with Crippen LogP contribution in [0.25, 0.3) is 4.91 Å². The lowest BCUT2D eigenvalue weighted by Crippen LogP contribution is -2.35. The summed E-state index contributed by atoms with van der Waals surface area (Å²) in [6.45, 7) is 7.02. The first kappa shape index (κ1) is 28.1. The molecule has 7 nitrogen and oxygen atoms in total. The molecule has 0 spiro atoms. The number of anilines is 1. The van der Waals surface area contributed by atoms with Crippen LogP contribution in [0.15, 0.2) is 66.9 Å². The number of halogens is 2. The van der Waals surface area contributed by atoms with E-state index in [4.69, 9.17) is 23.2 Å². The van der Waals surface area contributed by atoms with E-state index in [1.165, 1.54) is 6.08 Å². The standard InChI is InChI=1S/C28H30Cl2N4O3S/c1-3-26(27-20(2)6-4-11-31-27)38(36,37)32-25-9-7-22(8-10-25)28(35)34-13-5-12-33(14-15-34)19-21-16-23(29)18-24(30)17-21/h3-4,6-11,16-18,32H,5,12-15,19H2,1-2H3/b26-3+. The Morgan fingerprint density at radius 2 is 1.74 bits per heavy atom. The molecule has 0 saturated carbocycles. The van der Waals surface area contributed by atoms with E-state index in [1.807, 2.05) is 30.0 Å². The predicted octanol–water partition coefficient (Wildman–Crippen LogP) is 5.85. The second-order valence-electron chi connectivity index (χ2n) is 9.20. The number of aryl methyl sites for hydroxylation is 1. The number of aromatic nitrogens is 1. The van der Waals surface area contributed by atoms with Crippen LogP contribution in [0.1, 0.15) is 40.5 Å². The van der Waals surface area contributed by atoms with E-state index in [-0.39, 0.29) is 10.8 Å². The van der Waals surface area contributed by atoms with Gasteiger partial charge in [-0.05, 0) is 79.9 Å². The van der Waals surface area contributed by atoms with Crippen LogP contribution in [0.2, 0.25) is 10.0 Å². The zero-order chi connectivity index (χ0) is 27.3. The number of hydrogen-bond acceptors (Lipinski definition) is 5. The van der Waals surface area contributed by atoms with Gasteiger partial charge in [-0.25, -0.2) is 8.42 Å². The molecule has 0 radical (unpaired) electrons. The van der Waals surface area contributed by atoms with Crippen molar-refractivity contribution < 1.29 is 13.2 Å². The molecule has 0 unspecified atom stereocenters. The first-order valence-electron chi connectivity index (χ1n) is 12.3. The average molecular weight is 574 g/mol. The van der Waals surface area contributed by atoms with Crippen LogP contribution in [0, 0.1) is 6.92 Å². The van der Waals surface area contributed by atoms with E-state index >= 15 is 0 Å². The predicted molar refractivity (Wildman–Crippen MR) is 154 cm³/mol. The Labute approximate surface area is 234 Å². The zero-order valence-corrected chi connectivity index (χ0v) is 23.7. The fourth-order valence-electron chi connectivity index (χ4n) is 4.53. The maximum Gasteiger partial charge on any atom is 0.263 e. The Kier molecular flexibility index (Phi) is 9.10. The van der Waals surface area contributed by atoms with E-state index in [1.54, 1.807) is 49.5 Å². The van der Waals surface area contributed by atoms with Crippen molar-refractivity contribution in [3.05, 3.63) is 99.3 Å². The second kappa shape index (κ2) is 12.3. The van der Waals surface area contributed by atoms with Crippen LogP contribution in [0.4, 0.5) is 5.69 Å². The molecule has 4 rings (SSSR count). The van der Waals surface area contributed by atoms with Crippen molar-refractivity contribution in [2.75, 3.05) is 30.9 Å². The minimum atomic E-state index is -3.87. The highest BCUT2D eigenvalue weighted by atomic mass is 35.5. The molecule has 1 N–H and O–H groups in total. The van der Waals surface area contributed by atoms with E-state index < -0.39 is 10.0 Å². The van der Waals surface area contributed by atoms with Gasteiger partial charge in [0.1, 0.15) is 4.91 Å². The molecule has 10 heteroatoms. The molecule has 0 bridgehead atoms. The first-order valence-corrected chi connectivity index (χ1v) is 14.6. The third-order valence-corrected chi connectivity index (χ3v) is 8.33. The van der Waals surface area contributed by atoms with Crippen LogP contribution < -0.4 is 4.72 Å². The Morgan fingerprint density at radius 1 is 1.03 bits per heavy atom. The van der Waals surface area contributed by atoms with Crippen LogP contribution >= 0.6 is 23.2 Å². The van der Waals surface area contributed by atoms with Gasteiger partial charge in [0, 0.05) is 60.2 Å². The van der Waals surface area contributed by atoms with Crippen molar-refractivity contribution in [3.63, 3.8) is 0 Å². The first-order chi connectivity index (χ1) is 18.2. The number of amides is 1. The van der Waals surface area contributed by atoms with Gasteiger partial charge in [-0.2, -0.15) is 0 Å². The van der Waals surface area contributed by atoms with Crippen LogP contribution in [-0.4, -0.2) is 55.3 Å². The quantitative estimate of drug-likeness (QED) is 0.384. The van der Waals surface area contributed by atoms with Crippen molar-refractivity contribution >= 4 is 49.7 Å². The van der Waals surface area contributed by atoms with E-state index in [0.29, 0.717) is 46.6 Å². The largest absolute Gasteiger partial charge is 0.337 e. The Balaban J connectivity index is 1.39. The summed E-state index contributed by atoms with van der Waals surface area (Å²) in [5, 5.41) is 1.22. The number of rotatable bonds is 7. The number of nitrogens with zero attached hydrogens (tertiary/aromatic N) is 3. The van der Waals surface area contributed by atoms with Gasteiger partial charge < -0.3 is 4.90 Å². The van der Waals surface area contributed by atoms with Gasteiger partial charge in [0.05, 0.1) is 5.69 Å². The number of sulfonamides is 1. The van der Waals surface area contributed by atoms with Gasteiger partial charge in [-0.3, -0.25) is 19.4 Å². The summed E-state index contributed by atoms with van der Waals surface area (Å²) >= 11 is 12.3. The molecule has 2 aromatic carbocycles. The number of benzene rings is 2. The molecule has 0 atom stereocenters. The van der Waals surface area contributed by atoms with Gasteiger partial charge in [0.25, 0.3) is 15.9 Å². The molecular formula is C28H30Cl2N4O3S. The third kappa shape index (κ3) is 6.94. The van der Waals surface area contributed by atoms with Crippen molar-refractivity contribution in [1.82, 2.24) is 14.8 Å². The minimum Gasteiger partial charge on any atom is -0.337 e. The zero-order valence-electron chi connectivity index (χ0n) is 21.3. The van der Waals surface area contributed by atoms with Crippen molar-refractivity contribution in [1.29, 1.82) is 0 Å². The molecule has 1 amide bonds. The Hall–Kier alpha value is -2.91. The normalized spacial score (nSPS) is 15.3. The van der Waals surface area contributed by atoms with Gasteiger partial charge in [0.2, 0.25) is 0 Å². The van der Waals surface area contributed by atoms with Crippen molar-refractivity contribution in [3.8, 4) is 0 Å². The second-order valence-corrected chi connectivity index (χ2v) is 11.7. The number of pyridine rings is 1. The number of allylic oxidation sites excluding steroid dienone is 1. The lowest BCUT2D eigenvalue weighted by molar-refractivity contribution is 0.0761. The maximum absolute atomic E-state index is 13.2. The van der Waals surface area contributed by atoms with E-state index in [0.717, 1.165) is 30.6 Å². The number of nitrogens with one attached hydrogen (secondary N) is 1. The summed E-state index contributed by atoms with van der Waals surface area (Å²) in [5.41, 5.74) is 3.09. The summed E-state index contributed by atoms with van der Waals surface area (Å²) in [6.07, 6.45) is 3.94.